The smallest absolute Gasteiger partial charge is 0.143 e. The van der Waals surface area contributed by atoms with Crippen LogP contribution in [0.5, 0.6) is 0 Å². The van der Waals surface area contributed by atoms with Gasteiger partial charge in [0, 0.05) is 49.1 Å². The van der Waals surface area contributed by atoms with Crippen LogP contribution in [0.3, 0.4) is 0 Å². The van der Waals surface area contributed by atoms with Crippen molar-refractivity contribution < 1.29 is 8.83 Å². The second-order valence-electron chi connectivity index (χ2n) is 16.0. The lowest BCUT2D eigenvalue weighted by atomic mass is 9.87. The van der Waals surface area contributed by atoms with Crippen LogP contribution in [0.1, 0.15) is 11.1 Å². The molecule has 0 saturated carbocycles. The summed E-state index contributed by atoms with van der Waals surface area (Å²) >= 11 is 0. The molecule has 276 valence electrons. The van der Waals surface area contributed by atoms with E-state index in [1.54, 1.807) is 0 Å². The SMILES string of the molecule is c1ccc(-c2cc(-c3ccccc3)cc(-n3c4cc(-c5cccc6c5oc5ccccc56)cc5c4c4c(cc(-c6cccc7c6oc6ccccc67)cc43)CC5)c2)cc1. The van der Waals surface area contributed by atoms with Crippen molar-refractivity contribution in [1.29, 1.82) is 0 Å². The molecule has 0 radical (unpaired) electrons. The van der Waals surface area contributed by atoms with Gasteiger partial charge in [0.1, 0.15) is 22.3 Å². The van der Waals surface area contributed by atoms with Gasteiger partial charge in [-0.2, -0.15) is 0 Å². The first kappa shape index (κ1) is 32.5. The number of nitrogens with zero attached hydrogens (tertiary/aromatic N) is 1. The summed E-state index contributed by atoms with van der Waals surface area (Å²) in [5.41, 5.74) is 19.2. The molecule has 12 aromatic rings. The van der Waals surface area contributed by atoms with Crippen LogP contribution in [0.25, 0.3) is 116 Å². The molecule has 0 N–H and O–H groups in total. The van der Waals surface area contributed by atoms with E-state index in [9.17, 15) is 0 Å². The van der Waals surface area contributed by atoms with Gasteiger partial charge in [-0.3, -0.25) is 0 Å². The van der Waals surface area contributed by atoms with E-state index in [0.29, 0.717) is 0 Å². The van der Waals surface area contributed by atoms with Crippen molar-refractivity contribution in [1.82, 2.24) is 4.57 Å². The van der Waals surface area contributed by atoms with Crippen molar-refractivity contribution >= 4 is 65.7 Å². The summed E-state index contributed by atoms with van der Waals surface area (Å²) in [7, 11) is 0. The molecule has 1 aliphatic carbocycles. The van der Waals surface area contributed by atoms with Crippen molar-refractivity contribution in [2.75, 3.05) is 0 Å². The first-order chi connectivity index (χ1) is 29.2. The Bertz CT molecular complexity index is 3420. The second kappa shape index (κ2) is 12.4. The number of aromatic nitrogens is 1. The van der Waals surface area contributed by atoms with E-state index >= 15 is 0 Å². The maximum atomic E-state index is 6.64. The third-order valence-corrected chi connectivity index (χ3v) is 12.6. The zero-order chi connectivity index (χ0) is 38.6. The van der Waals surface area contributed by atoms with Crippen LogP contribution in [-0.2, 0) is 12.8 Å². The Hall–Kier alpha value is -7.62. The van der Waals surface area contributed by atoms with Crippen LogP contribution in [0.2, 0.25) is 0 Å². The Morgan fingerprint density at radius 2 is 0.780 bits per heavy atom. The Labute approximate surface area is 340 Å². The van der Waals surface area contributed by atoms with E-state index in [-0.39, 0.29) is 0 Å². The van der Waals surface area contributed by atoms with Gasteiger partial charge >= 0.3 is 0 Å². The molecule has 1 aliphatic rings. The second-order valence-corrected chi connectivity index (χ2v) is 16.0. The van der Waals surface area contributed by atoms with Crippen LogP contribution in [0.15, 0.2) is 197 Å². The maximum absolute atomic E-state index is 6.64. The largest absolute Gasteiger partial charge is 0.455 e. The lowest BCUT2D eigenvalue weighted by Gasteiger charge is -2.16. The fourth-order valence-corrected chi connectivity index (χ4v) is 9.97. The summed E-state index contributed by atoms with van der Waals surface area (Å²) < 4.78 is 15.8. The van der Waals surface area contributed by atoms with Gasteiger partial charge in [0.15, 0.2) is 0 Å². The fraction of sp³-hybridized carbons (Fsp3) is 0.0357. The van der Waals surface area contributed by atoms with Gasteiger partial charge in [-0.15, -0.1) is 0 Å². The molecule has 3 heteroatoms. The Morgan fingerprint density at radius 1 is 0.339 bits per heavy atom. The number of fused-ring (bicyclic) bond motifs is 6. The molecule has 0 spiro atoms. The number of para-hydroxylation sites is 4. The lowest BCUT2D eigenvalue weighted by Crippen LogP contribution is -2.00. The van der Waals surface area contributed by atoms with E-state index in [1.807, 2.05) is 12.1 Å². The standard InChI is InChI=1S/C56H35NO2/c1-3-13-34(14-4-1)38-29-39(35-15-5-2-6-16-35)31-42(30-38)57-49-32-40(43-19-11-21-47-45-17-7-9-23-51(45)58-55(43)47)27-36-25-26-37-28-41(33-50(57)54(37)53(36)49)44-20-12-22-48-46-18-8-10-24-52(46)59-56(44)48/h1-24,27-33H,25-26H2. The Balaban J connectivity index is 1.14. The van der Waals surface area contributed by atoms with Crippen LogP contribution >= 0.6 is 0 Å². The monoisotopic (exact) mass is 753 g/mol. The first-order valence-corrected chi connectivity index (χ1v) is 20.4. The van der Waals surface area contributed by atoms with Crippen molar-refractivity contribution in [3.8, 4) is 50.2 Å². The molecule has 0 aliphatic heterocycles. The number of hydrogen-bond acceptors (Lipinski definition) is 2. The highest BCUT2D eigenvalue weighted by Gasteiger charge is 2.26. The molecular weight excluding hydrogens is 719 g/mol. The highest BCUT2D eigenvalue weighted by atomic mass is 16.3. The van der Waals surface area contributed by atoms with Gasteiger partial charge in [0.2, 0.25) is 0 Å². The first-order valence-electron chi connectivity index (χ1n) is 20.4. The van der Waals surface area contributed by atoms with Crippen molar-refractivity contribution in [2.24, 2.45) is 0 Å². The summed E-state index contributed by atoms with van der Waals surface area (Å²) in [5.74, 6) is 0. The zero-order valence-corrected chi connectivity index (χ0v) is 32.1. The minimum Gasteiger partial charge on any atom is -0.455 e. The molecular formula is C56H35NO2. The van der Waals surface area contributed by atoms with E-state index in [4.69, 9.17) is 8.83 Å². The molecule has 0 bridgehead atoms. The molecule has 0 atom stereocenters. The van der Waals surface area contributed by atoms with Crippen LogP contribution in [-0.4, -0.2) is 4.57 Å². The number of hydrogen-bond donors (Lipinski definition) is 0. The molecule has 0 amide bonds. The predicted octanol–water partition coefficient (Wildman–Crippen LogP) is 15.3. The molecule has 0 saturated heterocycles. The van der Waals surface area contributed by atoms with Crippen LogP contribution in [0, 0.1) is 0 Å². The summed E-state index contributed by atoms with van der Waals surface area (Å²) in [4.78, 5) is 0. The number of furan rings is 2. The maximum Gasteiger partial charge on any atom is 0.143 e. The highest BCUT2D eigenvalue weighted by Crippen LogP contribution is 2.47. The van der Waals surface area contributed by atoms with Gasteiger partial charge in [0.25, 0.3) is 0 Å². The molecule has 0 fully saturated rings. The summed E-state index contributed by atoms with van der Waals surface area (Å²) in [6, 6.07) is 68.1. The molecule has 0 unspecified atom stereocenters. The van der Waals surface area contributed by atoms with Gasteiger partial charge in [-0.25, -0.2) is 0 Å². The van der Waals surface area contributed by atoms with E-state index in [1.165, 1.54) is 66.3 Å². The van der Waals surface area contributed by atoms with Gasteiger partial charge in [-0.05, 0) is 99.8 Å². The summed E-state index contributed by atoms with van der Waals surface area (Å²) in [5, 5.41) is 7.24. The number of benzene rings is 9. The zero-order valence-electron chi connectivity index (χ0n) is 32.1. The summed E-state index contributed by atoms with van der Waals surface area (Å²) in [6.45, 7) is 0. The number of aryl methyl sites for hydroxylation is 2. The van der Waals surface area contributed by atoms with Crippen LogP contribution < -0.4 is 0 Å². The van der Waals surface area contributed by atoms with Gasteiger partial charge in [0.05, 0.1) is 11.0 Å². The van der Waals surface area contributed by atoms with E-state index in [0.717, 1.165) is 73.5 Å². The third kappa shape index (κ3) is 4.88. The molecule has 3 aromatic heterocycles. The Kier molecular flexibility index (Phi) is 6.84. The number of rotatable bonds is 5. The topological polar surface area (TPSA) is 31.2 Å². The fourth-order valence-electron chi connectivity index (χ4n) is 9.97. The summed E-state index contributed by atoms with van der Waals surface area (Å²) in [6.07, 6.45) is 1.90. The molecule has 3 nitrogen and oxygen atoms in total. The highest BCUT2D eigenvalue weighted by molar-refractivity contribution is 6.17. The minimum absolute atomic E-state index is 0.911. The molecule has 9 aromatic carbocycles. The molecule has 59 heavy (non-hydrogen) atoms. The van der Waals surface area contributed by atoms with Gasteiger partial charge in [-0.1, -0.05) is 146 Å². The minimum atomic E-state index is 0.911. The average molecular weight is 754 g/mol. The molecule has 13 rings (SSSR count). The predicted molar refractivity (Wildman–Crippen MR) is 244 cm³/mol. The third-order valence-electron chi connectivity index (χ3n) is 12.6. The average Bonchev–Trinajstić information content (AvgIpc) is 3.98. The van der Waals surface area contributed by atoms with E-state index in [2.05, 4.69) is 180 Å². The normalized spacial score (nSPS) is 12.6. The van der Waals surface area contributed by atoms with Crippen molar-refractivity contribution in [2.45, 2.75) is 12.8 Å². The quantitative estimate of drug-likeness (QED) is 0.175. The van der Waals surface area contributed by atoms with Crippen LogP contribution in [0.4, 0.5) is 0 Å². The van der Waals surface area contributed by atoms with E-state index < -0.39 is 0 Å². The Morgan fingerprint density at radius 3 is 1.27 bits per heavy atom. The lowest BCUT2D eigenvalue weighted by molar-refractivity contribution is 0.669. The van der Waals surface area contributed by atoms with Gasteiger partial charge < -0.3 is 13.4 Å². The molecule has 3 heterocycles. The van der Waals surface area contributed by atoms with Crippen molar-refractivity contribution in [3.05, 3.63) is 199 Å². The van der Waals surface area contributed by atoms with Crippen molar-refractivity contribution in [3.63, 3.8) is 0 Å².